The van der Waals surface area contributed by atoms with Gasteiger partial charge in [0.15, 0.2) is 0 Å². The third kappa shape index (κ3) is 6.37. The number of benzene rings is 1. The van der Waals surface area contributed by atoms with Gasteiger partial charge < -0.3 is 14.2 Å². The molecule has 0 saturated carbocycles. The molecule has 0 unspecified atom stereocenters. The molecule has 29 heavy (non-hydrogen) atoms. The SMILES string of the molecule is CCOP(=O)(OCC)[C@H](N(O[C@H](C)c1ccccc1)C(C)(C)C(=O)O)C(C)(C)C. The number of carbonyl (C=O) groups is 1. The first-order chi connectivity index (χ1) is 13.3. The van der Waals surface area contributed by atoms with Crippen LogP contribution in [0.2, 0.25) is 0 Å². The molecular formula is C21H36NO6P. The summed E-state index contributed by atoms with van der Waals surface area (Å²) in [5, 5.41) is 11.2. The van der Waals surface area contributed by atoms with Crippen molar-refractivity contribution in [2.24, 2.45) is 5.41 Å². The van der Waals surface area contributed by atoms with Gasteiger partial charge in [0.05, 0.1) is 13.2 Å². The predicted octanol–water partition coefficient (Wildman–Crippen LogP) is 5.48. The Kier molecular flexibility index (Phi) is 9.06. The molecule has 0 aliphatic heterocycles. The smallest absolute Gasteiger partial charge is 0.350 e. The molecule has 1 aromatic rings. The average molecular weight is 429 g/mol. The maximum Gasteiger partial charge on any atom is 0.350 e. The lowest BCUT2D eigenvalue weighted by Gasteiger charge is -2.47. The fourth-order valence-corrected chi connectivity index (χ4v) is 5.66. The van der Waals surface area contributed by atoms with Crippen molar-refractivity contribution >= 4 is 13.6 Å². The highest BCUT2D eigenvalue weighted by molar-refractivity contribution is 7.54. The summed E-state index contributed by atoms with van der Waals surface area (Å²) in [6, 6.07) is 9.45. The van der Waals surface area contributed by atoms with Crippen molar-refractivity contribution in [3.63, 3.8) is 0 Å². The summed E-state index contributed by atoms with van der Waals surface area (Å²) in [5.41, 5.74) is -1.30. The van der Waals surface area contributed by atoms with Gasteiger partial charge >= 0.3 is 13.6 Å². The number of carboxylic acids is 1. The third-order valence-corrected chi connectivity index (χ3v) is 7.35. The van der Waals surface area contributed by atoms with E-state index in [0.717, 1.165) is 5.56 Å². The molecular weight excluding hydrogens is 393 g/mol. The van der Waals surface area contributed by atoms with Crippen LogP contribution in [0.5, 0.6) is 0 Å². The molecule has 166 valence electrons. The molecule has 0 fully saturated rings. The lowest BCUT2D eigenvalue weighted by Crippen LogP contribution is -2.58. The maximum absolute atomic E-state index is 13.8. The first kappa shape index (κ1) is 25.8. The van der Waals surface area contributed by atoms with Crippen LogP contribution in [0.4, 0.5) is 0 Å². The first-order valence-electron chi connectivity index (χ1n) is 9.94. The Hall–Kier alpha value is -1.24. The van der Waals surface area contributed by atoms with E-state index >= 15 is 0 Å². The van der Waals surface area contributed by atoms with Gasteiger partial charge in [0.1, 0.15) is 17.4 Å². The summed E-state index contributed by atoms with van der Waals surface area (Å²) in [7, 11) is -3.75. The minimum atomic E-state index is -3.75. The molecule has 0 amide bonds. The van der Waals surface area contributed by atoms with E-state index in [0.29, 0.717) is 0 Å². The van der Waals surface area contributed by atoms with Crippen LogP contribution in [-0.4, -0.2) is 40.7 Å². The van der Waals surface area contributed by atoms with Gasteiger partial charge in [-0.25, -0.2) is 0 Å². The molecule has 2 atom stereocenters. The van der Waals surface area contributed by atoms with Crippen LogP contribution in [0.1, 0.15) is 67.1 Å². The molecule has 0 spiro atoms. The Morgan fingerprint density at radius 3 is 1.93 bits per heavy atom. The van der Waals surface area contributed by atoms with Crippen LogP contribution in [0, 0.1) is 5.41 Å². The molecule has 1 rings (SSSR count). The Morgan fingerprint density at radius 2 is 1.55 bits per heavy atom. The highest BCUT2D eigenvalue weighted by Crippen LogP contribution is 2.61. The molecule has 0 saturated heterocycles. The van der Waals surface area contributed by atoms with Crippen LogP contribution in [0.25, 0.3) is 0 Å². The zero-order valence-electron chi connectivity index (χ0n) is 18.8. The molecule has 0 bridgehead atoms. The summed E-state index contributed by atoms with van der Waals surface area (Å²) >= 11 is 0. The normalized spacial score (nSPS) is 15.3. The van der Waals surface area contributed by atoms with Crippen molar-refractivity contribution in [3.8, 4) is 0 Å². The van der Waals surface area contributed by atoms with Gasteiger partial charge in [0.2, 0.25) is 0 Å². The van der Waals surface area contributed by atoms with Crippen LogP contribution in [0.15, 0.2) is 30.3 Å². The zero-order chi connectivity index (χ0) is 22.5. The second kappa shape index (κ2) is 10.2. The second-order valence-corrected chi connectivity index (χ2v) is 10.5. The number of hydrogen-bond donors (Lipinski definition) is 1. The van der Waals surface area contributed by atoms with Crippen LogP contribution in [0.3, 0.4) is 0 Å². The molecule has 7 nitrogen and oxygen atoms in total. The Bertz CT molecular complexity index is 691. The van der Waals surface area contributed by atoms with Gasteiger partial charge in [-0.2, -0.15) is 5.06 Å². The maximum atomic E-state index is 13.8. The van der Waals surface area contributed by atoms with E-state index in [1.54, 1.807) is 13.8 Å². The van der Waals surface area contributed by atoms with E-state index in [4.69, 9.17) is 13.9 Å². The van der Waals surface area contributed by atoms with Crippen molar-refractivity contribution in [3.05, 3.63) is 35.9 Å². The summed E-state index contributed by atoms with van der Waals surface area (Å²) in [4.78, 5) is 18.4. The van der Waals surface area contributed by atoms with E-state index in [1.807, 2.05) is 58.0 Å². The van der Waals surface area contributed by atoms with Gasteiger partial charge in [-0.1, -0.05) is 51.1 Å². The zero-order valence-corrected chi connectivity index (χ0v) is 19.7. The van der Waals surface area contributed by atoms with E-state index < -0.39 is 36.4 Å². The predicted molar refractivity (Wildman–Crippen MR) is 114 cm³/mol. The quantitative estimate of drug-likeness (QED) is 0.368. The van der Waals surface area contributed by atoms with Gasteiger partial charge in [0, 0.05) is 0 Å². The number of nitrogens with zero attached hydrogens (tertiary/aromatic N) is 1. The highest BCUT2D eigenvalue weighted by Gasteiger charge is 2.54. The van der Waals surface area contributed by atoms with E-state index in [2.05, 4.69) is 0 Å². The summed E-state index contributed by atoms with van der Waals surface area (Å²) in [6.45, 7) is 14.3. The molecule has 0 aliphatic carbocycles. The van der Waals surface area contributed by atoms with Crippen LogP contribution in [-0.2, 0) is 23.2 Å². The summed E-state index contributed by atoms with van der Waals surface area (Å²) in [6.07, 6.45) is -0.476. The fraction of sp³-hybridized carbons (Fsp3) is 0.667. The topological polar surface area (TPSA) is 85.3 Å². The molecule has 1 aromatic carbocycles. The van der Waals surface area contributed by atoms with E-state index in [-0.39, 0.29) is 13.2 Å². The lowest BCUT2D eigenvalue weighted by molar-refractivity contribution is -0.267. The van der Waals surface area contributed by atoms with Crippen molar-refractivity contribution in [2.75, 3.05) is 13.2 Å². The van der Waals surface area contributed by atoms with Crippen molar-refractivity contribution < 1.29 is 28.4 Å². The van der Waals surface area contributed by atoms with Crippen LogP contribution < -0.4 is 0 Å². The number of hydrogen-bond acceptors (Lipinski definition) is 6. The average Bonchev–Trinajstić information content (AvgIpc) is 2.60. The minimum Gasteiger partial charge on any atom is -0.480 e. The molecule has 1 N–H and O–H groups in total. The van der Waals surface area contributed by atoms with Crippen LogP contribution >= 0.6 is 7.60 Å². The highest BCUT2D eigenvalue weighted by atomic mass is 31.2. The Labute approximate surface area is 174 Å². The van der Waals surface area contributed by atoms with Gasteiger partial charge in [0.25, 0.3) is 0 Å². The van der Waals surface area contributed by atoms with Gasteiger partial charge in [-0.3, -0.25) is 14.2 Å². The third-order valence-electron chi connectivity index (χ3n) is 4.53. The van der Waals surface area contributed by atoms with Crippen molar-refractivity contribution in [1.82, 2.24) is 5.06 Å². The fourth-order valence-electron chi connectivity index (χ4n) is 3.04. The molecule has 0 aliphatic rings. The summed E-state index contributed by atoms with van der Waals surface area (Å²) in [5.74, 6) is -2.06. The number of hydroxylamine groups is 2. The van der Waals surface area contributed by atoms with E-state index in [1.165, 1.54) is 18.9 Å². The summed E-state index contributed by atoms with van der Waals surface area (Å²) < 4.78 is 25.1. The van der Waals surface area contributed by atoms with Crippen molar-refractivity contribution in [2.45, 2.75) is 72.8 Å². The Morgan fingerprint density at radius 1 is 1.07 bits per heavy atom. The van der Waals surface area contributed by atoms with Gasteiger partial charge in [-0.05, 0) is 45.6 Å². The second-order valence-electron chi connectivity index (χ2n) is 8.46. The molecule has 0 heterocycles. The first-order valence-corrected chi connectivity index (χ1v) is 11.6. The Balaban J connectivity index is 3.56. The molecule has 8 heteroatoms. The number of aliphatic carboxylic acids is 1. The lowest BCUT2D eigenvalue weighted by atomic mass is 9.93. The standard InChI is InChI=1S/C21H36NO6P/c1-9-26-29(25,27-10-2)18(20(4,5)6)22(21(7,8)19(23)24)28-16(3)17-14-12-11-13-15-17/h11-16,18H,9-10H2,1-8H3,(H,23,24)/t16-,18+/m1/s1. The van der Waals surface area contributed by atoms with Crippen molar-refractivity contribution in [1.29, 1.82) is 0 Å². The molecule has 0 aromatic heterocycles. The largest absolute Gasteiger partial charge is 0.480 e. The molecule has 0 radical (unpaired) electrons. The van der Waals surface area contributed by atoms with Gasteiger partial charge in [-0.15, -0.1) is 0 Å². The monoisotopic (exact) mass is 429 g/mol. The number of rotatable bonds is 11. The number of carboxylic acid groups (broad SMARTS) is 1. The van der Waals surface area contributed by atoms with E-state index in [9.17, 15) is 14.5 Å². The minimum absolute atomic E-state index is 0.166.